The van der Waals surface area contributed by atoms with Crippen LogP contribution in [0.4, 0.5) is 4.39 Å². The van der Waals surface area contributed by atoms with E-state index in [0.717, 1.165) is 6.07 Å². The van der Waals surface area contributed by atoms with Gasteiger partial charge in [-0.25, -0.2) is 17.5 Å². The molecule has 6 heteroatoms. The summed E-state index contributed by atoms with van der Waals surface area (Å²) in [6.45, 7) is 5.21. The molecule has 0 saturated heterocycles. The zero-order valence-corrected chi connectivity index (χ0v) is 12.1. The van der Waals surface area contributed by atoms with E-state index in [0.29, 0.717) is 11.4 Å². The normalized spacial score (nSPS) is 15.4. The van der Waals surface area contributed by atoms with Gasteiger partial charge < -0.3 is 0 Å². The second kappa shape index (κ2) is 5.99. The molecule has 18 heavy (non-hydrogen) atoms. The largest absolute Gasteiger partial charge is 0.241 e. The Morgan fingerprint density at radius 3 is 2.56 bits per heavy atom. The van der Waals surface area contributed by atoms with Crippen LogP contribution in [0.25, 0.3) is 0 Å². The average Bonchev–Trinajstić information content (AvgIpc) is 2.30. The zero-order valence-electron chi connectivity index (χ0n) is 10.6. The van der Waals surface area contributed by atoms with Gasteiger partial charge in [0, 0.05) is 11.9 Å². The Hall–Kier alpha value is -0.650. The lowest BCUT2D eigenvalue weighted by Crippen LogP contribution is -2.38. The Labute approximate surface area is 112 Å². The topological polar surface area (TPSA) is 46.2 Å². The van der Waals surface area contributed by atoms with Crippen molar-refractivity contribution < 1.29 is 12.8 Å². The smallest absolute Gasteiger partial charge is 0.208 e. The lowest BCUT2D eigenvalue weighted by atomic mass is 10.1. The van der Waals surface area contributed by atoms with Crippen LogP contribution < -0.4 is 4.72 Å². The number of alkyl halides is 1. The molecule has 0 bridgehead atoms. The molecule has 0 saturated carbocycles. The quantitative estimate of drug-likeness (QED) is 0.849. The standard InChI is InChI=1S/C12H17ClFNO2S/c1-8-4-5-11(14)6-12(8)18(16,17)15-10(3)9(2)7-13/h4-6,9-10,15H,7H2,1-3H3. The van der Waals surface area contributed by atoms with Gasteiger partial charge in [-0.15, -0.1) is 11.6 Å². The van der Waals surface area contributed by atoms with Crippen LogP contribution in [0.5, 0.6) is 0 Å². The van der Waals surface area contributed by atoms with Crippen LogP contribution in [-0.2, 0) is 10.0 Å². The number of benzene rings is 1. The van der Waals surface area contributed by atoms with Crippen LogP contribution >= 0.6 is 11.6 Å². The SMILES string of the molecule is Cc1ccc(F)cc1S(=O)(=O)NC(C)C(C)CCl. The minimum atomic E-state index is -3.72. The van der Waals surface area contributed by atoms with E-state index in [9.17, 15) is 12.8 Å². The molecule has 1 rings (SSSR count). The predicted molar refractivity (Wildman–Crippen MR) is 70.8 cm³/mol. The second-order valence-electron chi connectivity index (χ2n) is 4.45. The predicted octanol–water partition coefficient (Wildman–Crippen LogP) is 2.68. The molecule has 0 aliphatic heterocycles. The monoisotopic (exact) mass is 293 g/mol. The number of hydrogen-bond acceptors (Lipinski definition) is 2. The molecule has 2 atom stereocenters. The van der Waals surface area contributed by atoms with E-state index < -0.39 is 15.8 Å². The van der Waals surface area contributed by atoms with Crippen molar-refractivity contribution in [2.45, 2.75) is 31.7 Å². The van der Waals surface area contributed by atoms with Crippen molar-refractivity contribution in [3.05, 3.63) is 29.6 Å². The maximum Gasteiger partial charge on any atom is 0.241 e. The van der Waals surface area contributed by atoms with Crippen LogP contribution in [0.2, 0.25) is 0 Å². The van der Waals surface area contributed by atoms with Crippen LogP contribution in [0.15, 0.2) is 23.1 Å². The van der Waals surface area contributed by atoms with Gasteiger partial charge in [-0.1, -0.05) is 13.0 Å². The van der Waals surface area contributed by atoms with Crippen molar-refractivity contribution in [1.82, 2.24) is 4.72 Å². The molecule has 0 aromatic heterocycles. The summed E-state index contributed by atoms with van der Waals surface area (Å²) < 4.78 is 39.9. The van der Waals surface area contributed by atoms with Crippen molar-refractivity contribution in [2.24, 2.45) is 5.92 Å². The molecule has 0 fully saturated rings. The van der Waals surface area contributed by atoms with E-state index >= 15 is 0 Å². The molecule has 3 nitrogen and oxygen atoms in total. The number of halogens is 2. The van der Waals surface area contributed by atoms with Gasteiger partial charge in [0.15, 0.2) is 0 Å². The van der Waals surface area contributed by atoms with Gasteiger partial charge in [-0.05, 0) is 37.5 Å². The molecule has 0 aliphatic rings. The van der Waals surface area contributed by atoms with Gasteiger partial charge >= 0.3 is 0 Å². The summed E-state index contributed by atoms with van der Waals surface area (Å²) in [7, 11) is -3.72. The van der Waals surface area contributed by atoms with E-state index in [2.05, 4.69) is 4.72 Å². The first kappa shape index (κ1) is 15.4. The summed E-state index contributed by atoms with van der Waals surface area (Å²) in [5.74, 6) is -0.222. The van der Waals surface area contributed by atoms with E-state index in [1.54, 1.807) is 13.8 Å². The molecule has 0 radical (unpaired) electrons. The Morgan fingerprint density at radius 2 is 2.00 bits per heavy atom. The highest BCUT2D eigenvalue weighted by Crippen LogP contribution is 2.18. The fraction of sp³-hybridized carbons (Fsp3) is 0.500. The first-order valence-electron chi connectivity index (χ1n) is 5.62. The molecule has 0 amide bonds. The summed E-state index contributed by atoms with van der Waals surface area (Å²) in [5.41, 5.74) is 0.509. The van der Waals surface area contributed by atoms with Crippen molar-refractivity contribution >= 4 is 21.6 Å². The maximum atomic E-state index is 13.1. The molecule has 1 N–H and O–H groups in total. The average molecular weight is 294 g/mol. The third-order valence-electron chi connectivity index (χ3n) is 2.88. The van der Waals surface area contributed by atoms with Crippen molar-refractivity contribution in [3.8, 4) is 0 Å². The van der Waals surface area contributed by atoms with E-state index in [1.165, 1.54) is 12.1 Å². The summed E-state index contributed by atoms with van der Waals surface area (Å²) in [4.78, 5) is -0.0314. The van der Waals surface area contributed by atoms with Gasteiger partial charge in [-0.3, -0.25) is 0 Å². The summed E-state index contributed by atoms with van der Waals surface area (Å²) in [5, 5.41) is 0. The number of rotatable bonds is 5. The van der Waals surface area contributed by atoms with Crippen LogP contribution in [0.3, 0.4) is 0 Å². The summed E-state index contributed by atoms with van der Waals surface area (Å²) in [6.07, 6.45) is 0. The fourth-order valence-electron chi connectivity index (χ4n) is 1.42. The maximum absolute atomic E-state index is 13.1. The molecule has 1 aromatic carbocycles. The molecule has 0 spiro atoms. The highest BCUT2D eigenvalue weighted by molar-refractivity contribution is 7.89. The number of sulfonamides is 1. The number of hydrogen-bond donors (Lipinski definition) is 1. The Kier molecular flexibility index (Phi) is 5.13. The molecule has 102 valence electrons. The van der Waals surface area contributed by atoms with Gasteiger partial charge in [0.25, 0.3) is 0 Å². The Bertz CT molecular complexity index is 519. The first-order chi connectivity index (χ1) is 8.27. The molecule has 2 unspecified atom stereocenters. The molecule has 0 aliphatic carbocycles. The lowest BCUT2D eigenvalue weighted by molar-refractivity contribution is 0.480. The third-order valence-corrected chi connectivity index (χ3v) is 5.07. The van der Waals surface area contributed by atoms with Crippen LogP contribution in [-0.4, -0.2) is 20.3 Å². The zero-order chi connectivity index (χ0) is 13.9. The summed E-state index contributed by atoms with van der Waals surface area (Å²) in [6, 6.07) is 3.39. The third kappa shape index (κ3) is 3.67. The van der Waals surface area contributed by atoms with Crippen LogP contribution in [0.1, 0.15) is 19.4 Å². The van der Waals surface area contributed by atoms with E-state index in [1.807, 2.05) is 6.92 Å². The number of nitrogens with one attached hydrogen (secondary N) is 1. The van der Waals surface area contributed by atoms with Crippen LogP contribution in [0, 0.1) is 18.7 Å². The molecular formula is C12H17ClFNO2S. The highest BCUT2D eigenvalue weighted by Gasteiger charge is 2.22. The van der Waals surface area contributed by atoms with Crippen molar-refractivity contribution in [2.75, 3.05) is 5.88 Å². The van der Waals surface area contributed by atoms with Gasteiger partial charge in [0.1, 0.15) is 5.82 Å². The van der Waals surface area contributed by atoms with E-state index in [4.69, 9.17) is 11.6 Å². The van der Waals surface area contributed by atoms with Crippen molar-refractivity contribution in [1.29, 1.82) is 0 Å². The highest BCUT2D eigenvalue weighted by atomic mass is 35.5. The fourth-order valence-corrected chi connectivity index (χ4v) is 3.30. The molecule has 0 heterocycles. The lowest BCUT2D eigenvalue weighted by Gasteiger charge is -2.19. The van der Waals surface area contributed by atoms with Gasteiger partial charge in [0.05, 0.1) is 4.90 Å². The van der Waals surface area contributed by atoms with E-state index in [-0.39, 0.29) is 16.9 Å². The van der Waals surface area contributed by atoms with Gasteiger partial charge in [-0.2, -0.15) is 0 Å². The van der Waals surface area contributed by atoms with Gasteiger partial charge in [0.2, 0.25) is 10.0 Å². The van der Waals surface area contributed by atoms with Crippen molar-refractivity contribution in [3.63, 3.8) is 0 Å². The molecule has 1 aromatic rings. The molecular weight excluding hydrogens is 277 g/mol. The first-order valence-corrected chi connectivity index (χ1v) is 7.64. The summed E-state index contributed by atoms with van der Waals surface area (Å²) >= 11 is 5.68. The minimum absolute atomic E-state index is 0.00435. The number of aryl methyl sites for hydroxylation is 1. The minimum Gasteiger partial charge on any atom is -0.208 e. The Balaban J connectivity index is 3.03. The second-order valence-corrected chi connectivity index (χ2v) is 6.44. The Morgan fingerprint density at radius 1 is 1.39 bits per heavy atom.